The summed E-state index contributed by atoms with van der Waals surface area (Å²) in [5.74, 6) is -1.71. The normalized spacial score (nSPS) is 10.6. The summed E-state index contributed by atoms with van der Waals surface area (Å²) in [5.41, 5.74) is 3.97. The standard InChI is InChI=1S/C20H17F2N/c1-14-6-10-16(11-7-14)23(17-12-8-15(2)9-13-17)19-5-3-4-18(21)20(19)22/h3-13H,1-2H3. The number of aryl methyl sites for hydroxylation is 2. The Kier molecular flexibility index (Phi) is 4.11. The number of hydrogen-bond donors (Lipinski definition) is 0. The summed E-state index contributed by atoms with van der Waals surface area (Å²) in [6.07, 6.45) is 0. The highest BCUT2D eigenvalue weighted by Gasteiger charge is 2.18. The van der Waals surface area contributed by atoms with Crippen LogP contribution in [0, 0.1) is 25.5 Å². The second-order valence-electron chi connectivity index (χ2n) is 5.58. The first-order valence-electron chi connectivity index (χ1n) is 7.44. The summed E-state index contributed by atoms with van der Waals surface area (Å²) in [5, 5.41) is 0. The summed E-state index contributed by atoms with van der Waals surface area (Å²) in [6.45, 7) is 3.98. The maximum atomic E-state index is 14.4. The van der Waals surface area contributed by atoms with Gasteiger partial charge in [0.2, 0.25) is 0 Å². The first-order chi connectivity index (χ1) is 11.1. The van der Waals surface area contributed by atoms with Crippen molar-refractivity contribution >= 4 is 17.1 Å². The Labute approximate surface area is 134 Å². The molecule has 0 fully saturated rings. The average molecular weight is 309 g/mol. The van der Waals surface area contributed by atoms with E-state index in [9.17, 15) is 8.78 Å². The van der Waals surface area contributed by atoms with E-state index in [2.05, 4.69) is 0 Å². The van der Waals surface area contributed by atoms with E-state index in [0.29, 0.717) is 0 Å². The van der Waals surface area contributed by atoms with Gasteiger partial charge in [-0.3, -0.25) is 0 Å². The van der Waals surface area contributed by atoms with Gasteiger partial charge < -0.3 is 4.90 Å². The van der Waals surface area contributed by atoms with Crippen LogP contribution in [0.5, 0.6) is 0 Å². The monoisotopic (exact) mass is 309 g/mol. The van der Waals surface area contributed by atoms with E-state index in [1.807, 2.05) is 62.4 Å². The van der Waals surface area contributed by atoms with Crippen molar-refractivity contribution in [2.24, 2.45) is 0 Å². The summed E-state index contributed by atoms with van der Waals surface area (Å²) >= 11 is 0. The number of nitrogens with zero attached hydrogens (tertiary/aromatic N) is 1. The second-order valence-corrected chi connectivity index (χ2v) is 5.58. The first-order valence-corrected chi connectivity index (χ1v) is 7.44. The van der Waals surface area contributed by atoms with Crippen molar-refractivity contribution < 1.29 is 8.78 Å². The predicted molar refractivity (Wildman–Crippen MR) is 90.5 cm³/mol. The first kappa shape index (κ1) is 15.2. The molecule has 0 radical (unpaired) electrons. The third kappa shape index (κ3) is 3.09. The third-order valence-corrected chi connectivity index (χ3v) is 3.76. The van der Waals surface area contributed by atoms with Crippen molar-refractivity contribution in [3.05, 3.63) is 89.5 Å². The van der Waals surface area contributed by atoms with Crippen LogP contribution in [0.1, 0.15) is 11.1 Å². The number of anilines is 3. The molecule has 0 spiro atoms. The molecule has 3 heteroatoms. The zero-order valence-corrected chi connectivity index (χ0v) is 13.1. The molecule has 3 aromatic carbocycles. The molecule has 0 aliphatic rings. The van der Waals surface area contributed by atoms with E-state index in [1.165, 1.54) is 6.07 Å². The van der Waals surface area contributed by atoms with Crippen LogP contribution in [0.25, 0.3) is 0 Å². The molecule has 0 aliphatic carbocycles. The van der Waals surface area contributed by atoms with Gasteiger partial charge in [0.05, 0.1) is 5.69 Å². The average Bonchev–Trinajstić information content (AvgIpc) is 2.55. The Morgan fingerprint density at radius 3 is 1.61 bits per heavy atom. The molecule has 116 valence electrons. The van der Waals surface area contributed by atoms with E-state index in [1.54, 1.807) is 11.0 Å². The van der Waals surface area contributed by atoms with E-state index >= 15 is 0 Å². The molecule has 0 aliphatic heterocycles. The van der Waals surface area contributed by atoms with Crippen molar-refractivity contribution in [1.29, 1.82) is 0 Å². The molecule has 0 amide bonds. The summed E-state index contributed by atoms with van der Waals surface area (Å²) < 4.78 is 28.1. The third-order valence-electron chi connectivity index (χ3n) is 3.76. The van der Waals surface area contributed by atoms with E-state index < -0.39 is 11.6 Å². The van der Waals surface area contributed by atoms with Crippen molar-refractivity contribution in [3.63, 3.8) is 0 Å². The molecule has 0 heterocycles. The molecule has 0 bridgehead atoms. The molecular weight excluding hydrogens is 292 g/mol. The highest BCUT2D eigenvalue weighted by atomic mass is 19.2. The number of benzene rings is 3. The van der Waals surface area contributed by atoms with Crippen molar-refractivity contribution in [2.75, 3.05) is 4.90 Å². The van der Waals surface area contributed by atoms with Crippen molar-refractivity contribution in [2.45, 2.75) is 13.8 Å². The molecule has 23 heavy (non-hydrogen) atoms. The maximum Gasteiger partial charge on any atom is 0.182 e. The summed E-state index contributed by atoms with van der Waals surface area (Å²) in [7, 11) is 0. The molecule has 0 aromatic heterocycles. The van der Waals surface area contributed by atoms with E-state index in [-0.39, 0.29) is 5.69 Å². The Bertz CT molecular complexity index is 763. The zero-order chi connectivity index (χ0) is 16.4. The molecule has 0 unspecified atom stereocenters. The number of hydrogen-bond acceptors (Lipinski definition) is 1. The SMILES string of the molecule is Cc1ccc(N(c2ccc(C)cc2)c2cccc(F)c2F)cc1. The molecule has 0 saturated carbocycles. The van der Waals surface area contributed by atoms with Crippen LogP contribution in [-0.2, 0) is 0 Å². The molecule has 1 nitrogen and oxygen atoms in total. The molecular formula is C20H17F2N. The van der Waals surface area contributed by atoms with Gasteiger partial charge in [0.1, 0.15) is 0 Å². The van der Waals surface area contributed by atoms with Gasteiger partial charge in [-0.25, -0.2) is 8.78 Å². The molecule has 0 N–H and O–H groups in total. The lowest BCUT2D eigenvalue weighted by Crippen LogP contribution is -2.12. The fraction of sp³-hybridized carbons (Fsp3) is 0.100. The van der Waals surface area contributed by atoms with Crippen molar-refractivity contribution in [3.8, 4) is 0 Å². The van der Waals surface area contributed by atoms with Gasteiger partial charge in [-0.15, -0.1) is 0 Å². The zero-order valence-electron chi connectivity index (χ0n) is 13.1. The van der Waals surface area contributed by atoms with Crippen LogP contribution in [0.4, 0.5) is 25.8 Å². The Balaban J connectivity index is 2.19. The van der Waals surface area contributed by atoms with Crippen LogP contribution >= 0.6 is 0 Å². The summed E-state index contributed by atoms with van der Waals surface area (Å²) in [6, 6.07) is 19.6. The smallest absolute Gasteiger partial charge is 0.182 e. The van der Waals surface area contributed by atoms with Crippen LogP contribution < -0.4 is 4.90 Å². The Morgan fingerprint density at radius 1 is 0.652 bits per heavy atom. The Morgan fingerprint density at radius 2 is 1.13 bits per heavy atom. The van der Waals surface area contributed by atoms with Crippen LogP contribution in [0.15, 0.2) is 66.7 Å². The number of rotatable bonds is 3. The van der Waals surface area contributed by atoms with Gasteiger partial charge in [-0.05, 0) is 50.2 Å². The van der Waals surface area contributed by atoms with Gasteiger partial charge in [-0.1, -0.05) is 41.5 Å². The minimum absolute atomic E-state index is 0.192. The van der Waals surface area contributed by atoms with E-state index in [0.717, 1.165) is 28.6 Å². The van der Waals surface area contributed by atoms with Crippen molar-refractivity contribution in [1.82, 2.24) is 0 Å². The molecule has 0 atom stereocenters. The highest BCUT2D eigenvalue weighted by Crippen LogP contribution is 2.36. The van der Waals surface area contributed by atoms with Gasteiger partial charge >= 0.3 is 0 Å². The van der Waals surface area contributed by atoms with E-state index in [4.69, 9.17) is 0 Å². The lowest BCUT2D eigenvalue weighted by atomic mass is 10.1. The van der Waals surface area contributed by atoms with Crippen LogP contribution in [-0.4, -0.2) is 0 Å². The fourth-order valence-electron chi connectivity index (χ4n) is 2.48. The second kappa shape index (κ2) is 6.21. The van der Waals surface area contributed by atoms with Gasteiger partial charge in [0.25, 0.3) is 0 Å². The van der Waals surface area contributed by atoms with Gasteiger partial charge in [0.15, 0.2) is 11.6 Å². The predicted octanol–water partition coefficient (Wildman–Crippen LogP) is 6.05. The Hall–Kier alpha value is -2.68. The summed E-state index contributed by atoms with van der Waals surface area (Å²) in [4.78, 5) is 1.72. The van der Waals surface area contributed by atoms with Crippen LogP contribution in [0.3, 0.4) is 0 Å². The lowest BCUT2D eigenvalue weighted by molar-refractivity contribution is 0.510. The van der Waals surface area contributed by atoms with Gasteiger partial charge in [-0.2, -0.15) is 0 Å². The lowest BCUT2D eigenvalue weighted by Gasteiger charge is -2.26. The maximum absolute atomic E-state index is 14.4. The fourth-order valence-corrected chi connectivity index (χ4v) is 2.48. The molecule has 3 rings (SSSR count). The largest absolute Gasteiger partial charge is 0.308 e. The molecule has 3 aromatic rings. The topological polar surface area (TPSA) is 3.24 Å². The van der Waals surface area contributed by atoms with Gasteiger partial charge in [0, 0.05) is 11.4 Å². The quantitative estimate of drug-likeness (QED) is 0.569. The minimum atomic E-state index is -0.855. The minimum Gasteiger partial charge on any atom is -0.308 e. The van der Waals surface area contributed by atoms with Crippen LogP contribution in [0.2, 0.25) is 0 Å². The molecule has 0 saturated heterocycles. The number of halogens is 2. The highest BCUT2D eigenvalue weighted by molar-refractivity contribution is 5.76.